The van der Waals surface area contributed by atoms with Crippen LogP contribution < -0.4 is 0 Å². The maximum Gasteiger partial charge on any atom is 0.290 e. The lowest BCUT2D eigenvalue weighted by atomic mass is 10.3. The Morgan fingerprint density at radius 2 is 1.88 bits per heavy atom. The highest BCUT2D eigenvalue weighted by molar-refractivity contribution is 7.99. The average molecular weight is 345 g/mol. The fourth-order valence-corrected chi connectivity index (χ4v) is 2.55. The van der Waals surface area contributed by atoms with Crippen molar-refractivity contribution < 1.29 is 14.3 Å². The molecule has 0 fully saturated rings. The van der Waals surface area contributed by atoms with E-state index in [1.165, 1.54) is 12.1 Å². The molecule has 0 aliphatic carbocycles. The highest BCUT2D eigenvalue weighted by atomic mass is 32.2. The zero-order valence-corrected chi connectivity index (χ0v) is 12.5. The van der Waals surface area contributed by atoms with Crippen molar-refractivity contribution in [2.75, 3.05) is 0 Å². The topological polar surface area (TPSA) is 138 Å². The smallest absolute Gasteiger partial charge is 0.290 e. The van der Waals surface area contributed by atoms with E-state index in [9.17, 15) is 20.2 Å². The highest BCUT2D eigenvalue weighted by Gasteiger charge is 2.22. The van der Waals surface area contributed by atoms with Gasteiger partial charge in [0.25, 0.3) is 22.5 Å². The molecular formula is C13H7N5O5S. The van der Waals surface area contributed by atoms with Crippen molar-refractivity contribution >= 4 is 23.1 Å². The minimum absolute atomic E-state index is 0.0626. The van der Waals surface area contributed by atoms with Gasteiger partial charge in [0.2, 0.25) is 0 Å². The first-order valence-corrected chi connectivity index (χ1v) is 7.22. The summed E-state index contributed by atoms with van der Waals surface area (Å²) in [6.07, 6.45) is 1.56. The van der Waals surface area contributed by atoms with Crippen molar-refractivity contribution in [2.45, 2.75) is 10.1 Å². The second-order valence-electron chi connectivity index (χ2n) is 4.36. The Morgan fingerprint density at radius 1 is 1.04 bits per heavy atom. The zero-order valence-electron chi connectivity index (χ0n) is 11.7. The minimum atomic E-state index is -0.703. The van der Waals surface area contributed by atoms with Gasteiger partial charge in [-0.15, -0.1) is 10.2 Å². The molecule has 0 atom stereocenters. The normalized spacial score (nSPS) is 10.5. The largest absolute Gasteiger partial charge is 0.409 e. The summed E-state index contributed by atoms with van der Waals surface area (Å²) in [6, 6.07) is 8.49. The van der Waals surface area contributed by atoms with Gasteiger partial charge >= 0.3 is 0 Å². The Kier molecular flexibility index (Phi) is 4.16. The lowest BCUT2D eigenvalue weighted by Gasteiger charge is -1.99. The van der Waals surface area contributed by atoms with Crippen LogP contribution in [-0.2, 0) is 0 Å². The van der Waals surface area contributed by atoms with E-state index >= 15 is 0 Å². The van der Waals surface area contributed by atoms with Crippen LogP contribution in [0.1, 0.15) is 0 Å². The average Bonchev–Trinajstić information content (AvgIpc) is 3.04. The van der Waals surface area contributed by atoms with Crippen LogP contribution in [0.3, 0.4) is 0 Å². The minimum Gasteiger partial charge on any atom is -0.409 e. The van der Waals surface area contributed by atoms with E-state index in [-0.39, 0.29) is 21.7 Å². The molecule has 11 heteroatoms. The molecule has 24 heavy (non-hydrogen) atoms. The molecule has 0 N–H and O–H groups in total. The van der Waals surface area contributed by atoms with Crippen LogP contribution >= 0.6 is 11.8 Å². The predicted molar refractivity (Wildman–Crippen MR) is 81.4 cm³/mol. The van der Waals surface area contributed by atoms with E-state index in [1.54, 1.807) is 24.4 Å². The van der Waals surface area contributed by atoms with Crippen molar-refractivity contribution in [1.82, 2.24) is 15.2 Å². The number of nitrogens with zero attached hydrogens (tertiary/aromatic N) is 5. The van der Waals surface area contributed by atoms with Crippen LogP contribution in [-0.4, -0.2) is 25.0 Å². The van der Waals surface area contributed by atoms with Crippen molar-refractivity contribution in [2.24, 2.45) is 0 Å². The Labute approximate surface area is 137 Å². The fourth-order valence-electron chi connectivity index (χ4n) is 1.79. The van der Waals surface area contributed by atoms with Crippen LogP contribution in [0.25, 0.3) is 11.6 Å². The molecule has 0 saturated heterocycles. The molecule has 3 rings (SSSR count). The third-order valence-corrected chi connectivity index (χ3v) is 3.74. The van der Waals surface area contributed by atoms with E-state index < -0.39 is 15.5 Å². The van der Waals surface area contributed by atoms with Crippen molar-refractivity contribution in [1.29, 1.82) is 0 Å². The number of nitro groups is 2. The molecule has 0 spiro atoms. The second-order valence-corrected chi connectivity index (χ2v) is 5.35. The van der Waals surface area contributed by atoms with E-state index in [4.69, 9.17) is 4.42 Å². The van der Waals surface area contributed by atoms with Crippen molar-refractivity contribution in [3.8, 4) is 11.6 Å². The third kappa shape index (κ3) is 3.20. The number of rotatable bonds is 5. The quantitative estimate of drug-likeness (QED) is 0.504. The van der Waals surface area contributed by atoms with Crippen LogP contribution in [0.5, 0.6) is 0 Å². The fraction of sp³-hybridized carbons (Fsp3) is 0. The van der Waals surface area contributed by atoms with Gasteiger partial charge in [-0.05, 0) is 30.0 Å². The molecule has 0 saturated carbocycles. The SMILES string of the molecule is O=[N+]([O-])c1ccc(Sc2nnc(-c3ccccn3)o2)c([N+](=O)[O-])c1. The summed E-state index contributed by atoms with van der Waals surface area (Å²) in [5.41, 5.74) is -0.312. The summed E-state index contributed by atoms with van der Waals surface area (Å²) >= 11 is 0.846. The molecule has 0 bridgehead atoms. The zero-order chi connectivity index (χ0) is 17.1. The van der Waals surface area contributed by atoms with Gasteiger partial charge in [0.05, 0.1) is 20.8 Å². The Morgan fingerprint density at radius 3 is 2.54 bits per heavy atom. The van der Waals surface area contributed by atoms with Crippen LogP contribution in [0.4, 0.5) is 11.4 Å². The molecule has 0 unspecified atom stereocenters. The Balaban J connectivity index is 1.90. The molecule has 120 valence electrons. The Bertz CT molecular complexity index is 914. The van der Waals surface area contributed by atoms with Gasteiger partial charge in [-0.3, -0.25) is 25.2 Å². The van der Waals surface area contributed by atoms with Crippen LogP contribution in [0.15, 0.2) is 57.1 Å². The van der Waals surface area contributed by atoms with Crippen molar-refractivity contribution in [3.63, 3.8) is 0 Å². The summed E-state index contributed by atoms with van der Waals surface area (Å²) in [5, 5.41) is 29.5. The summed E-state index contributed by atoms with van der Waals surface area (Å²) in [5.74, 6) is 0.169. The van der Waals surface area contributed by atoms with Gasteiger partial charge in [-0.2, -0.15) is 0 Å². The first-order chi connectivity index (χ1) is 11.5. The maximum atomic E-state index is 11.1. The van der Waals surface area contributed by atoms with Gasteiger partial charge in [0.1, 0.15) is 5.69 Å². The lowest BCUT2D eigenvalue weighted by molar-refractivity contribution is -0.396. The molecule has 0 amide bonds. The van der Waals surface area contributed by atoms with E-state index in [2.05, 4.69) is 15.2 Å². The molecule has 3 aromatic rings. The number of nitro benzene ring substituents is 2. The first kappa shape index (κ1) is 15.6. The summed E-state index contributed by atoms with van der Waals surface area (Å²) < 4.78 is 5.41. The van der Waals surface area contributed by atoms with E-state index in [0.29, 0.717) is 5.69 Å². The molecule has 10 nitrogen and oxygen atoms in total. The predicted octanol–water partition coefficient (Wildman–Crippen LogP) is 3.10. The summed E-state index contributed by atoms with van der Waals surface area (Å²) in [4.78, 5) is 24.6. The van der Waals surface area contributed by atoms with Gasteiger partial charge in [-0.1, -0.05) is 6.07 Å². The van der Waals surface area contributed by atoms with Crippen molar-refractivity contribution in [3.05, 3.63) is 62.8 Å². The molecule has 2 heterocycles. The lowest BCUT2D eigenvalue weighted by Crippen LogP contribution is -1.94. The Hall–Kier alpha value is -3.34. The number of aromatic nitrogens is 3. The first-order valence-electron chi connectivity index (χ1n) is 6.40. The highest BCUT2D eigenvalue weighted by Crippen LogP contribution is 2.36. The third-order valence-electron chi connectivity index (χ3n) is 2.84. The number of hydrogen-bond acceptors (Lipinski definition) is 9. The molecular weight excluding hydrogens is 338 g/mol. The molecule has 0 radical (unpaired) electrons. The second kappa shape index (κ2) is 6.42. The van der Waals surface area contributed by atoms with Gasteiger partial charge < -0.3 is 4.42 Å². The van der Waals surface area contributed by atoms with Gasteiger partial charge in [-0.25, -0.2) is 0 Å². The standard InChI is InChI=1S/C13H7N5O5S/c19-17(20)8-4-5-11(10(7-8)18(21)22)24-13-16-15-12(23-13)9-3-1-2-6-14-9/h1-7H. The number of benzene rings is 1. The van der Waals surface area contributed by atoms with Gasteiger partial charge in [0.15, 0.2) is 0 Å². The number of pyridine rings is 1. The molecule has 1 aromatic carbocycles. The monoisotopic (exact) mass is 345 g/mol. The van der Waals surface area contributed by atoms with E-state index in [1.807, 2.05) is 0 Å². The number of hydrogen-bond donors (Lipinski definition) is 0. The maximum absolute atomic E-state index is 11.1. The number of non-ortho nitro benzene ring substituents is 1. The van der Waals surface area contributed by atoms with Gasteiger partial charge in [0, 0.05) is 12.3 Å². The summed E-state index contributed by atoms with van der Waals surface area (Å²) in [7, 11) is 0. The molecule has 0 aliphatic rings. The van der Waals surface area contributed by atoms with Crippen LogP contribution in [0, 0.1) is 20.2 Å². The summed E-state index contributed by atoms with van der Waals surface area (Å²) in [6.45, 7) is 0. The van der Waals surface area contributed by atoms with E-state index in [0.717, 1.165) is 17.8 Å². The van der Waals surface area contributed by atoms with Crippen LogP contribution in [0.2, 0.25) is 0 Å². The molecule has 2 aromatic heterocycles. The molecule has 0 aliphatic heterocycles.